The lowest BCUT2D eigenvalue weighted by molar-refractivity contribution is -0.128. The molecule has 5 heteroatoms. The second-order valence-corrected chi connectivity index (χ2v) is 9.08. The Balaban J connectivity index is 1.36. The second-order valence-electron chi connectivity index (χ2n) is 9.08. The second kappa shape index (κ2) is 9.54. The number of benzene rings is 2. The standard InChI is InChI=1S/C26H33N3O2/c1-19-12-15-28(16-13-19)24-10-8-22(9-11-24)20(2)27-26(31)23-6-3-5-21(17-23)18-29-14-4-7-25(29)30/h3,5-6,8-11,17,19-20H,4,7,12-16,18H2,1-2H3,(H,27,31)/t20-/m0/s1. The number of hydrogen-bond donors (Lipinski definition) is 1. The minimum absolute atomic E-state index is 0.0771. The zero-order valence-electron chi connectivity index (χ0n) is 18.6. The summed E-state index contributed by atoms with van der Waals surface area (Å²) in [5.41, 5.74) is 3.99. The van der Waals surface area contributed by atoms with Crippen LogP contribution in [-0.2, 0) is 11.3 Å². The van der Waals surface area contributed by atoms with Crippen molar-refractivity contribution in [2.24, 2.45) is 5.92 Å². The molecule has 0 bridgehead atoms. The first-order valence-electron chi connectivity index (χ1n) is 11.5. The van der Waals surface area contributed by atoms with Crippen molar-refractivity contribution < 1.29 is 9.59 Å². The SMILES string of the molecule is CC1CCN(c2ccc([C@H](C)NC(=O)c3cccc(CN4CCCC4=O)c3)cc2)CC1. The smallest absolute Gasteiger partial charge is 0.251 e. The molecule has 2 aliphatic heterocycles. The van der Waals surface area contributed by atoms with Crippen molar-refractivity contribution in [1.29, 1.82) is 0 Å². The van der Waals surface area contributed by atoms with Crippen molar-refractivity contribution in [3.63, 3.8) is 0 Å². The van der Waals surface area contributed by atoms with E-state index in [2.05, 4.69) is 41.4 Å². The van der Waals surface area contributed by atoms with E-state index < -0.39 is 0 Å². The topological polar surface area (TPSA) is 52.7 Å². The molecule has 1 atom stereocenters. The van der Waals surface area contributed by atoms with Crippen molar-refractivity contribution in [3.05, 3.63) is 65.2 Å². The maximum atomic E-state index is 12.8. The van der Waals surface area contributed by atoms with Crippen LogP contribution in [0.25, 0.3) is 0 Å². The molecule has 1 N–H and O–H groups in total. The van der Waals surface area contributed by atoms with E-state index in [0.717, 1.165) is 43.1 Å². The molecule has 2 saturated heterocycles. The molecule has 2 amide bonds. The van der Waals surface area contributed by atoms with Crippen LogP contribution in [0.4, 0.5) is 5.69 Å². The Hall–Kier alpha value is -2.82. The summed E-state index contributed by atoms with van der Waals surface area (Å²) >= 11 is 0. The fourth-order valence-corrected chi connectivity index (χ4v) is 4.51. The van der Waals surface area contributed by atoms with E-state index in [1.807, 2.05) is 36.1 Å². The number of amides is 2. The van der Waals surface area contributed by atoms with E-state index in [9.17, 15) is 9.59 Å². The van der Waals surface area contributed by atoms with Crippen molar-refractivity contribution in [3.8, 4) is 0 Å². The predicted molar refractivity (Wildman–Crippen MR) is 124 cm³/mol. The first-order chi connectivity index (χ1) is 15.0. The summed E-state index contributed by atoms with van der Waals surface area (Å²) in [6, 6.07) is 16.1. The summed E-state index contributed by atoms with van der Waals surface area (Å²) in [7, 11) is 0. The van der Waals surface area contributed by atoms with E-state index in [4.69, 9.17) is 0 Å². The third kappa shape index (κ3) is 5.27. The average molecular weight is 420 g/mol. The molecule has 0 aliphatic carbocycles. The van der Waals surface area contributed by atoms with E-state index in [1.165, 1.54) is 18.5 Å². The molecule has 4 rings (SSSR count). The number of hydrogen-bond acceptors (Lipinski definition) is 3. The Morgan fingerprint density at radius 1 is 1.10 bits per heavy atom. The van der Waals surface area contributed by atoms with Crippen LogP contribution in [0.15, 0.2) is 48.5 Å². The molecule has 0 radical (unpaired) electrons. The number of likely N-dealkylation sites (tertiary alicyclic amines) is 1. The van der Waals surface area contributed by atoms with Gasteiger partial charge in [-0.2, -0.15) is 0 Å². The fraction of sp³-hybridized carbons (Fsp3) is 0.462. The monoisotopic (exact) mass is 419 g/mol. The van der Waals surface area contributed by atoms with Gasteiger partial charge in [-0.1, -0.05) is 31.2 Å². The highest BCUT2D eigenvalue weighted by molar-refractivity contribution is 5.94. The molecule has 0 aromatic heterocycles. The molecule has 2 aromatic carbocycles. The van der Waals surface area contributed by atoms with Gasteiger partial charge in [-0.3, -0.25) is 9.59 Å². The van der Waals surface area contributed by atoms with Gasteiger partial charge in [0.1, 0.15) is 0 Å². The number of carbonyl (C=O) groups excluding carboxylic acids is 2. The predicted octanol–water partition coefficient (Wildman–Crippen LogP) is 4.54. The van der Waals surface area contributed by atoms with Crippen LogP contribution in [0.2, 0.25) is 0 Å². The minimum Gasteiger partial charge on any atom is -0.372 e. The number of anilines is 1. The number of rotatable bonds is 6. The molecule has 0 unspecified atom stereocenters. The molecule has 164 valence electrons. The van der Waals surface area contributed by atoms with Crippen LogP contribution < -0.4 is 10.2 Å². The summed E-state index contributed by atoms with van der Waals surface area (Å²) < 4.78 is 0. The molecule has 0 spiro atoms. The summed E-state index contributed by atoms with van der Waals surface area (Å²) in [4.78, 5) is 29.0. The Labute approximate surface area is 185 Å². The Bertz CT molecular complexity index is 917. The number of nitrogens with one attached hydrogen (secondary N) is 1. The number of piperidine rings is 1. The van der Waals surface area contributed by atoms with Gasteiger partial charge in [-0.15, -0.1) is 0 Å². The maximum Gasteiger partial charge on any atom is 0.251 e. The van der Waals surface area contributed by atoms with Crippen LogP contribution in [0.3, 0.4) is 0 Å². The molecular formula is C26H33N3O2. The van der Waals surface area contributed by atoms with Crippen LogP contribution >= 0.6 is 0 Å². The van der Waals surface area contributed by atoms with Crippen LogP contribution in [0.1, 0.15) is 67.1 Å². The van der Waals surface area contributed by atoms with Gasteiger partial charge in [-0.05, 0) is 67.5 Å². The van der Waals surface area contributed by atoms with Gasteiger partial charge in [0.05, 0.1) is 6.04 Å². The molecule has 2 fully saturated rings. The highest BCUT2D eigenvalue weighted by Crippen LogP contribution is 2.25. The van der Waals surface area contributed by atoms with Crippen molar-refractivity contribution >= 4 is 17.5 Å². The maximum absolute atomic E-state index is 12.8. The first-order valence-corrected chi connectivity index (χ1v) is 11.5. The highest BCUT2D eigenvalue weighted by atomic mass is 16.2. The molecule has 2 heterocycles. The largest absolute Gasteiger partial charge is 0.372 e. The van der Waals surface area contributed by atoms with Crippen molar-refractivity contribution in [2.45, 2.75) is 52.1 Å². The lowest BCUT2D eigenvalue weighted by Crippen LogP contribution is -2.32. The van der Waals surface area contributed by atoms with Gasteiger partial charge in [0.2, 0.25) is 5.91 Å². The molecule has 5 nitrogen and oxygen atoms in total. The molecule has 2 aliphatic rings. The highest BCUT2D eigenvalue weighted by Gasteiger charge is 2.21. The quantitative estimate of drug-likeness (QED) is 0.748. The van der Waals surface area contributed by atoms with E-state index in [0.29, 0.717) is 18.5 Å². The lowest BCUT2D eigenvalue weighted by atomic mass is 9.98. The third-order valence-corrected chi connectivity index (χ3v) is 6.62. The summed E-state index contributed by atoms with van der Waals surface area (Å²) in [5.74, 6) is 0.933. The van der Waals surface area contributed by atoms with Gasteiger partial charge in [0, 0.05) is 43.9 Å². The molecular weight excluding hydrogens is 386 g/mol. The van der Waals surface area contributed by atoms with Gasteiger partial charge >= 0.3 is 0 Å². The number of nitrogens with zero attached hydrogens (tertiary/aromatic N) is 2. The van der Waals surface area contributed by atoms with Crippen LogP contribution in [0.5, 0.6) is 0 Å². The van der Waals surface area contributed by atoms with Crippen molar-refractivity contribution in [1.82, 2.24) is 10.2 Å². The normalized spacial score (nSPS) is 18.3. The third-order valence-electron chi connectivity index (χ3n) is 6.62. The van der Waals surface area contributed by atoms with Crippen molar-refractivity contribution in [2.75, 3.05) is 24.5 Å². The van der Waals surface area contributed by atoms with Crippen LogP contribution in [0, 0.1) is 5.92 Å². The molecule has 0 saturated carbocycles. The minimum atomic E-state index is -0.0869. The molecule has 2 aromatic rings. The summed E-state index contributed by atoms with van der Waals surface area (Å²) in [5, 5.41) is 3.11. The zero-order valence-corrected chi connectivity index (χ0v) is 18.6. The number of carbonyl (C=O) groups is 2. The Kier molecular flexibility index (Phi) is 6.59. The zero-order chi connectivity index (χ0) is 21.8. The summed E-state index contributed by atoms with van der Waals surface area (Å²) in [6.07, 6.45) is 4.05. The first kappa shape index (κ1) is 21.4. The van der Waals surface area contributed by atoms with Gasteiger partial charge in [0.15, 0.2) is 0 Å². The summed E-state index contributed by atoms with van der Waals surface area (Å²) in [6.45, 7) is 7.96. The average Bonchev–Trinajstić information content (AvgIpc) is 3.19. The van der Waals surface area contributed by atoms with Gasteiger partial charge < -0.3 is 15.1 Å². The lowest BCUT2D eigenvalue weighted by Gasteiger charge is -2.32. The Morgan fingerprint density at radius 2 is 1.84 bits per heavy atom. The van der Waals surface area contributed by atoms with E-state index >= 15 is 0 Å². The molecule has 31 heavy (non-hydrogen) atoms. The van der Waals surface area contributed by atoms with Gasteiger partial charge in [0.25, 0.3) is 5.91 Å². The fourth-order valence-electron chi connectivity index (χ4n) is 4.51. The van der Waals surface area contributed by atoms with Crippen LogP contribution in [-0.4, -0.2) is 36.3 Å². The van der Waals surface area contributed by atoms with Gasteiger partial charge in [-0.25, -0.2) is 0 Å². The van der Waals surface area contributed by atoms with E-state index in [1.54, 1.807) is 0 Å². The Morgan fingerprint density at radius 3 is 2.52 bits per heavy atom. The van der Waals surface area contributed by atoms with E-state index in [-0.39, 0.29) is 17.9 Å².